The monoisotopic (exact) mass is 1330 g/mol. The molecule has 9 nitrogen and oxygen atoms in total. The van der Waals surface area contributed by atoms with E-state index in [2.05, 4.69) is 233 Å². The Balaban J connectivity index is 4.01. The molecule has 0 amide bonds. The van der Waals surface area contributed by atoms with Crippen LogP contribution in [0.4, 0.5) is 0 Å². The molecular formula is C85H134NO8P. The molecule has 0 aromatic carbocycles. The lowest BCUT2D eigenvalue weighted by Gasteiger charge is -2.19. The second kappa shape index (κ2) is 77.3. The maximum absolute atomic E-state index is 12.8. The van der Waals surface area contributed by atoms with Crippen LogP contribution in [0, 0.1) is 0 Å². The van der Waals surface area contributed by atoms with Crippen LogP contribution in [0.3, 0.4) is 0 Å². The van der Waals surface area contributed by atoms with Crippen LogP contribution in [0.2, 0.25) is 0 Å². The zero-order valence-corrected chi connectivity index (χ0v) is 60.7. The first-order valence-corrected chi connectivity index (χ1v) is 38.7. The topological polar surface area (TPSA) is 134 Å². The lowest BCUT2D eigenvalue weighted by Crippen LogP contribution is -2.29. The van der Waals surface area contributed by atoms with Crippen LogP contribution in [-0.4, -0.2) is 49.3 Å². The van der Waals surface area contributed by atoms with Crippen LogP contribution in [0.5, 0.6) is 0 Å². The Morgan fingerprint density at radius 1 is 0.316 bits per heavy atom. The van der Waals surface area contributed by atoms with E-state index >= 15 is 0 Å². The van der Waals surface area contributed by atoms with Gasteiger partial charge in [0, 0.05) is 19.4 Å². The van der Waals surface area contributed by atoms with E-state index in [1.807, 2.05) is 0 Å². The van der Waals surface area contributed by atoms with E-state index in [0.717, 1.165) is 173 Å². The molecule has 0 bridgehead atoms. The molecule has 0 spiro atoms. The van der Waals surface area contributed by atoms with E-state index in [1.165, 1.54) is 64.2 Å². The van der Waals surface area contributed by atoms with Gasteiger partial charge in [0.2, 0.25) is 0 Å². The minimum atomic E-state index is -4.42. The summed E-state index contributed by atoms with van der Waals surface area (Å²) in [7, 11) is -4.42. The van der Waals surface area contributed by atoms with Crippen molar-refractivity contribution in [2.45, 2.75) is 277 Å². The fraction of sp³-hybridized carbons (Fsp3) is 0.553. The number of allylic oxidation sites excluding steroid dienone is 36. The smallest absolute Gasteiger partial charge is 0.462 e. The van der Waals surface area contributed by atoms with Crippen molar-refractivity contribution in [3.8, 4) is 0 Å². The molecule has 0 aromatic heterocycles. The number of esters is 2. The van der Waals surface area contributed by atoms with E-state index < -0.39 is 32.5 Å². The quantitative estimate of drug-likeness (QED) is 0.0264. The molecule has 0 saturated heterocycles. The van der Waals surface area contributed by atoms with E-state index in [1.54, 1.807) is 0 Å². The summed E-state index contributed by atoms with van der Waals surface area (Å²) >= 11 is 0. The highest BCUT2D eigenvalue weighted by Crippen LogP contribution is 2.43. The number of carbonyl (C=O) groups is 2. The van der Waals surface area contributed by atoms with Gasteiger partial charge in [0.15, 0.2) is 6.10 Å². The predicted octanol–water partition coefficient (Wildman–Crippen LogP) is 25.2. The Morgan fingerprint density at radius 3 is 0.811 bits per heavy atom. The summed E-state index contributed by atoms with van der Waals surface area (Å²) in [6.07, 6.45) is 120. The zero-order valence-electron chi connectivity index (χ0n) is 59.8. The Kier molecular flexibility index (Phi) is 72.7. The normalized spacial score (nSPS) is 14.2. The van der Waals surface area contributed by atoms with Gasteiger partial charge in [-0.3, -0.25) is 18.6 Å². The molecule has 2 unspecified atom stereocenters. The SMILES string of the molecule is CC/C=C\C/C=C\C/C=C\C/C=C\C/C=C\C/C=C\C/C=C\C/C=C\C/C=C\C/C=C\C/C=C\CCCCCCCC(=O)OC(COC(=O)CCCCCCCCCCCCCCC/C=C\C/C=C\C/C=C\C/C=C\C/C=C\C/C=C\C/C=C\CC)COP(=O)(O)OCCN. The zero-order chi connectivity index (χ0) is 68.6. The maximum Gasteiger partial charge on any atom is 0.472 e. The fourth-order valence-electron chi connectivity index (χ4n) is 9.44. The van der Waals surface area contributed by atoms with Crippen LogP contribution in [0.15, 0.2) is 219 Å². The molecule has 0 rings (SSSR count). The molecule has 0 radical (unpaired) electrons. The summed E-state index contributed by atoms with van der Waals surface area (Å²) < 4.78 is 33.2. The highest BCUT2D eigenvalue weighted by Gasteiger charge is 2.26. The number of rotatable bonds is 67. The average Bonchev–Trinajstić information content (AvgIpc) is 3.16. The van der Waals surface area contributed by atoms with Crippen molar-refractivity contribution in [1.82, 2.24) is 0 Å². The first-order valence-electron chi connectivity index (χ1n) is 37.2. The second-order valence-electron chi connectivity index (χ2n) is 23.7. The Bertz CT molecular complexity index is 2370. The summed E-state index contributed by atoms with van der Waals surface area (Å²) in [6.45, 7) is 3.48. The van der Waals surface area contributed by atoms with Crippen LogP contribution >= 0.6 is 7.82 Å². The third-order valence-corrected chi connectivity index (χ3v) is 15.8. The average molecular weight is 1330 g/mol. The number of hydrogen-bond acceptors (Lipinski definition) is 8. The molecule has 532 valence electrons. The molecule has 0 aromatic rings. The van der Waals surface area contributed by atoms with Crippen LogP contribution in [0.25, 0.3) is 0 Å². The molecule has 3 N–H and O–H groups in total. The van der Waals surface area contributed by atoms with Crippen molar-refractivity contribution in [1.29, 1.82) is 0 Å². The highest BCUT2D eigenvalue weighted by molar-refractivity contribution is 7.47. The van der Waals surface area contributed by atoms with Crippen molar-refractivity contribution in [2.75, 3.05) is 26.4 Å². The van der Waals surface area contributed by atoms with Gasteiger partial charge in [-0.25, -0.2) is 4.57 Å². The van der Waals surface area contributed by atoms with Gasteiger partial charge in [0.1, 0.15) is 6.61 Å². The molecule has 0 aliphatic heterocycles. The minimum absolute atomic E-state index is 0.0390. The van der Waals surface area contributed by atoms with E-state index in [0.29, 0.717) is 6.42 Å². The Morgan fingerprint density at radius 2 is 0.547 bits per heavy atom. The minimum Gasteiger partial charge on any atom is -0.462 e. The van der Waals surface area contributed by atoms with Gasteiger partial charge in [-0.05, 0) is 154 Å². The first-order chi connectivity index (χ1) is 46.8. The van der Waals surface area contributed by atoms with Crippen molar-refractivity contribution < 1.29 is 37.6 Å². The lowest BCUT2D eigenvalue weighted by molar-refractivity contribution is -0.161. The predicted molar refractivity (Wildman–Crippen MR) is 412 cm³/mol. The summed E-state index contributed by atoms with van der Waals surface area (Å²) in [6, 6.07) is 0. The van der Waals surface area contributed by atoms with Gasteiger partial charge >= 0.3 is 19.8 Å². The fourth-order valence-corrected chi connectivity index (χ4v) is 10.2. The molecule has 0 fully saturated rings. The molecule has 0 aliphatic carbocycles. The van der Waals surface area contributed by atoms with Crippen LogP contribution < -0.4 is 5.73 Å². The largest absolute Gasteiger partial charge is 0.472 e. The van der Waals surface area contributed by atoms with Gasteiger partial charge in [-0.1, -0.05) is 322 Å². The van der Waals surface area contributed by atoms with E-state index in [-0.39, 0.29) is 32.6 Å². The maximum atomic E-state index is 12.8. The first kappa shape index (κ1) is 89.3. The number of phosphoric ester groups is 1. The number of nitrogens with two attached hydrogens (primary N) is 1. The van der Waals surface area contributed by atoms with Gasteiger partial charge in [-0.15, -0.1) is 0 Å². The summed E-state index contributed by atoms with van der Waals surface area (Å²) in [5.41, 5.74) is 5.40. The standard InChI is InChI=1S/C85H134NO8P/c1-3-5-7-9-11-13-15-17-19-21-23-25-27-29-31-33-35-37-39-40-41-42-44-46-48-50-52-54-56-58-60-62-64-66-68-70-72-74-76-78-85(88)94-83(82-93-95(89,90)92-80-79-86)81-91-84(87)77-75-73-71-69-67-65-63-61-59-57-55-53-51-49-47-45-43-38-36-34-32-30-28-26-24-22-20-18-16-14-12-10-8-6-4-2/h5-8,11-14,17-20,23-26,29-32,35-38,40-41,44-47,50,52,56,58,62,64,83H,3-4,9-10,15-16,21-22,27-28,33-34,39,42-43,48-49,51,53-55,57,59-61,63,65-82,86H2,1-2H3,(H,89,90)/b7-5-,8-6-,13-11-,14-12-,19-17-,20-18-,25-23-,26-24-,31-29-,32-30-,37-35-,38-36-,41-40-,46-44-,47-45-,52-50-,58-56-,64-62-. The number of carbonyl (C=O) groups excluding carboxylic acids is 2. The summed E-state index contributed by atoms with van der Waals surface area (Å²) in [5, 5.41) is 0. The number of hydrogen-bond donors (Lipinski definition) is 2. The molecule has 0 heterocycles. The second-order valence-corrected chi connectivity index (χ2v) is 25.1. The summed E-state index contributed by atoms with van der Waals surface area (Å²) in [5.74, 6) is -0.864. The number of ether oxygens (including phenoxy) is 2. The molecule has 10 heteroatoms. The molecule has 0 aliphatic rings. The third-order valence-electron chi connectivity index (χ3n) is 14.9. The number of phosphoric acid groups is 1. The Hall–Kier alpha value is -5.67. The summed E-state index contributed by atoms with van der Waals surface area (Å²) in [4.78, 5) is 35.4. The Labute approximate surface area is 581 Å². The van der Waals surface area contributed by atoms with Crippen molar-refractivity contribution >= 4 is 19.8 Å². The van der Waals surface area contributed by atoms with Crippen LogP contribution in [-0.2, 0) is 32.7 Å². The van der Waals surface area contributed by atoms with Gasteiger partial charge in [0.05, 0.1) is 13.2 Å². The van der Waals surface area contributed by atoms with E-state index in [9.17, 15) is 19.0 Å². The number of unbranched alkanes of at least 4 members (excludes halogenated alkanes) is 18. The molecular weight excluding hydrogens is 1190 g/mol. The van der Waals surface area contributed by atoms with E-state index in [4.69, 9.17) is 24.3 Å². The van der Waals surface area contributed by atoms with Gasteiger partial charge < -0.3 is 20.1 Å². The van der Waals surface area contributed by atoms with Crippen molar-refractivity contribution in [3.05, 3.63) is 219 Å². The van der Waals surface area contributed by atoms with Crippen molar-refractivity contribution in [2.24, 2.45) is 5.73 Å². The van der Waals surface area contributed by atoms with Gasteiger partial charge in [0.25, 0.3) is 0 Å². The lowest BCUT2D eigenvalue weighted by atomic mass is 10.0. The molecule has 0 saturated carbocycles. The third kappa shape index (κ3) is 77.2. The van der Waals surface area contributed by atoms with Gasteiger partial charge in [-0.2, -0.15) is 0 Å². The van der Waals surface area contributed by atoms with Crippen molar-refractivity contribution in [3.63, 3.8) is 0 Å². The molecule has 95 heavy (non-hydrogen) atoms. The molecule has 2 atom stereocenters. The van der Waals surface area contributed by atoms with Crippen LogP contribution in [0.1, 0.15) is 271 Å². The highest BCUT2D eigenvalue weighted by atomic mass is 31.2.